The fraction of sp³-hybridized carbons (Fsp3) is 0.417. The van der Waals surface area contributed by atoms with E-state index in [1.165, 1.54) is 19.2 Å². The van der Waals surface area contributed by atoms with Gasteiger partial charge < -0.3 is 10.5 Å². The molecule has 0 aliphatic rings. The van der Waals surface area contributed by atoms with Crippen molar-refractivity contribution in [2.24, 2.45) is 5.73 Å². The number of ketones is 1. The Kier molecular flexibility index (Phi) is 4.43. The standard InChI is InChI=1S/C12H16FNO2/c1-3-4-11(14)12(15)9-6-5-8(16-2)7-10(9)13/h5-7,11H,3-4,14H2,1-2H3. The minimum Gasteiger partial charge on any atom is -0.497 e. The second kappa shape index (κ2) is 5.61. The number of nitrogens with two attached hydrogens (primary N) is 1. The van der Waals surface area contributed by atoms with Crippen molar-refractivity contribution < 1.29 is 13.9 Å². The van der Waals surface area contributed by atoms with Crippen LogP contribution in [0.5, 0.6) is 5.75 Å². The molecule has 0 aliphatic heterocycles. The average Bonchev–Trinajstić information content (AvgIpc) is 2.28. The zero-order chi connectivity index (χ0) is 12.1. The Bertz CT molecular complexity index is 379. The van der Waals surface area contributed by atoms with Gasteiger partial charge in [0, 0.05) is 6.07 Å². The molecular formula is C12H16FNO2. The summed E-state index contributed by atoms with van der Waals surface area (Å²) in [5.74, 6) is -0.559. The molecule has 1 unspecified atom stereocenters. The SMILES string of the molecule is CCCC(N)C(=O)c1ccc(OC)cc1F. The Balaban J connectivity index is 2.91. The number of Topliss-reactive ketones (excluding diaryl/α,β-unsaturated/α-hetero) is 1. The van der Waals surface area contributed by atoms with E-state index in [9.17, 15) is 9.18 Å². The smallest absolute Gasteiger partial charge is 0.182 e. The lowest BCUT2D eigenvalue weighted by Gasteiger charge is -2.10. The van der Waals surface area contributed by atoms with Crippen molar-refractivity contribution in [2.75, 3.05) is 7.11 Å². The van der Waals surface area contributed by atoms with Gasteiger partial charge in [0.25, 0.3) is 0 Å². The van der Waals surface area contributed by atoms with E-state index in [2.05, 4.69) is 0 Å². The molecule has 1 aromatic rings. The molecule has 1 aromatic carbocycles. The normalized spacial score (nSPS) is 12.2. The van der Waals surface area contributed by atoms with Gasteiger partial charge in [0.15, 0.2) is 5.78 Å². The van der Waals surface area contributed by atoms with Crippen LogP contribution in [-0.4, -0.2) is 18.9 Å². The highest BCUT2D eigenvalue weighted by Crippen LogP contribution is 2.18. The number of halogens is 1. The van der Waals surface area contributed by atoms with Crippen molar-refractivity contribution in [2.45, 2.75) is 25.8 Å². The van der Waals surface area contributed by atoms with Crippen LogP contribution in [0.4, 0.5) is 4.39 Å². The van der Waals surface area contributed by atoms with Gasteiger partial charge in [-0.1, -0.05) is 13.3 Å². The van der Waals surface area contributed by atoms with E-state index < -0.39 is 11.9 Å². The van der Waals surface area contributed by atoms with Crippen molar-refractivity contribution >= 4 is 5.78 Å². The fourth-order valence-corrected chi connectivity index (χ4v) is 1.46. The van der Waals surface area contributed by atoms with Crippen LogP contribution in [0.15, 0.2) is 18.2 Å². The van der Waals surface area contributed by atoms with Gasteiger partial charge in [-0.2, -0.15) is 0 Å². The molecule has 0 fully saturated rings. The summed E-state index contributed by atoms with van der Waals surface area (Å²) in [7, 11) is 1.44. The van der Waals surface area contributed by atoms with Crippen LogP contribution in [0.25, 0.3) is 0 Å². The highest BCUT2D eigenvalue weighted by atomic mass is 19.1. The summed E-state index contributed by atoms with van der Waals surface area (Å²) in [5, 5.41) is 0. The minimum absolute atomic E-state index is 0.0294. The molecule has 0 saturated carbocycles. The number of carbonyl (C=O) groups excluding carboxylic acids is 1. The summed E-state index contributed by atoms with van der Waals surface area (Å²) in [6.45, 7) is 1.93. The molecule has 2 N–H and O–H groups in total. The lowest BCUT2D eigenvalue weighted by atomic mass is 10.0. The molecule has 88 valence electrons. The number of hydrogen-bond acceptors (Lipinski definition) is 3. The number of ether oxygens (including phenoxy) is 1. The van der Waals surface area contributed by atoms with Gasteiger partial charge >= 0.3 is 0 Å². The first-order valence-corrected chi connectivity index (χ1v) is 5.23. The molecule has 0 amide bonds. The zero-order valence-electron chi connectivity index (χ0n) is 9.50. The van der Waals surface area contributed by atoms with E-state index in [0.717, 1.165) is 6.42 Å². The molecule has 0 aliphatic carbocycles. The van der Waals surface area contributed by atoms with Crippen molar-refractivity contribution in [3.63, 3.8) is 0 Å². The molecule has 0 bridgehead atoms. The van der Waals surface area contributed by atoms with Gasteiger partial charge in [0.05, 0.1) is 18.7 Å². The molecule has 16 heavy (non-hydrogen) atoms. The average molecular weight is 225 g/mol. The summed E-state index contributed by atoms with van der Waals surface area (Å²) >= 11 is 0. The molecule has 0 saturated heterocycles. The van der Waals surface area contributed by atoms with Crippen LogP contribution in [-0.2, 0) is 0 Å². The van der Waals surface area contributed by atoms with E-state index >= 15 is 0 Å². The van der Waals surface area contributed by atoms with Crippen LogP contribution in [0.2, 0.25) is 0 Å². The number of hydrogen-bond donors (Lipinski definition) is 1. The maximum atomic E-state index is 13.5. The largest absolute Gasteiger partial charge is 0.497 e. The molecule has 1 atom stereocenters. The topological polar surface area (TPSA) is 52.3 Å². The molecule has 0 aromatic heterocycles. The van der Waals surface area contributed by atoms with Gasteiger partial charge in [0.1, 0.15) is 11.6 Å². The number of carbonyl (C=O) groups is 1. The number of rotatable bonds is 5. The van der Waals surface area contributed by atoms with E-state index in [1.807, 2.05) is 6.92 Å². The van der Waals surface area contributed by atoms with Gasteiger partial charge in [-0.25, -0.2) is 4.39 Å². The van der Waals surface area contributed by atoms with Crippen LogP contribution in [0, 0.1) is 5.82 Å². The van der Waals surface area contributed by atoms with Crippen LogP contribution >= 0.6 is 0 Å². The highest BCUT2D eigenvalue weighted by Gasteiger charge is 2.18. The Hall–Kier alpha value is -1.42. The van der Waals surface area contributed by atoms with Crippen molar-refractivity contribution in [3.8, 4) is 5.75 Å². The van der Waals surface area contributed by atoms with Gasteiger partial charge in [0.2, 0.25) is 0 Å². The third-order valence-electron chi connectivity index (χ3n) is 2.38. The monoisotopic (exact) mass is 225 g/mol. The third kappa shape index (κ3) is 2.79. The van der Waals surface area contributed by atoms with Gasteiger partial charge in [-0.05, 0) is 18.6 Å². The number of methoxy groups -OCH3 is 1. The quantitative estimate of drug-likeness (QED) is 0.781. The zero-order valence-corrected chi connectivity index (χ0v) is 9.50. The maximum absolute atomic E-state index is 13.5. The van der Waals surface area contributed by atoms with Crippen LogP contribution in [0.3, 0.4) is 0 Å². The number of benzene rings is 1. The Morgan fingerprint density at radius 2 is 2.25 bits per heavy atom. The van der Waals surface area contributed by atoms with Crippen LogP contribution < -0.4 is 10.5 Å². The Morgan fingerprint density at radius 3 is 2.75 bits per heavy atom. The summed E-state index contributed by atoms with van der Waals surface area (Å²) < 4.78 is 18.4. The van der Waals surface area contributed by atoms with Gasteiger partial charge in [-0.15, -0.1) is 0 Å². The Morgan fingerprint density at radius 1 is 1.56 bits per heavy atom. The summed E-state index contributed by atoms with van der Waals surface area (Å²) in [6.07, 6.45) is 1.36. The molecule has 1 rings (SSSR count). The summed E-state index contributed by atoms with van der Waals surface area (Å²) in [5.41, 5.74) is 5.68. The first kappa shape index (κ1) is 12.6. The first-order valence-electron chi connectivity index (χ1n) is 5.23. The lowest BCUT2D eigenvalue weighted by molar-refractivity contribution is 0.0953. The Labute approximate surface area is 94.4 Å². The van der Waals surface area contributed by atoms with E-state index in [4.69, 9.17) is 10.5 Å². The van der Waals surface area contributed by atoms with E-state index in [0.29, 0.717) is 12.2 Å². The molecule has 0 radical (unpaired) electrons. The molecule has 0 heterocycles. The maximum Gasteiger partial charge on any atom is 0.182 e. The van der Waals surface area contributed by atoms with Crippen molar-refractivity contribution in [1.29, 1.82) is 0 Å². The molecular weight excluding hydrogens is 209 g/mol. The van der Waals surface area contributed by atoms with Crippen molar-refractivity contribution in [3.05, 3.63) is 29.6 Å². The van der Waals surface area contributed by atoms with E-state index in [-0.39, 0.29) is 11.3 Å². The predicted octanol–water partition coefficient (Wildman–Crippen LogP) is 2.14. The lowest BCUT2D eigenvalue weighted by Crippen LogP contribution is -2.30. The first-order chi connectivity index (χ1) is 7.60. The summed E-state index contributed by atoms with van der Waals surface area (Å²) in [4.78, 5) is 11.7. The van der Waals surface area contributed by atoms with E-state index in [1.54, 1.807) is 6.07 Å². The fourth-order valence-electron chi connectivity index (χ4n) is 1.46. The van der Waals surface area contributed by atoms with Crippen molar-refractivity contribution in [1.82, 2.24) is 0 Å². The minimum atomic E-state index is -0.632. The second-order valence-corrected chi connectivity index (χ2v) is 3.61. The third-order valence-corrected chi connectivity index (χ3v) is 2.38. The molecule has 4 heteroatoms. The second-order valence-electron chi connectivity index (χ2n) is 3.61. The summed E-state index contributed by atoms with van der Waals surface area (Å²) in [6, 6.07) is 3.51. The molecule has 0 spiro atoms. The molecule has 3 nitrogen and oxygen atoms in total. The predicted molar refractivity (Wildman–Crippen MR) is 60.2 cm³/mol. The highest BCUT2D eigenvalue weighted by molar-refractivity contribution is 6.00. The van der Waals surface area contributed by atoms with Crippen LogP contribution in [0.1, 0.15) is 30.1 Å². The van der Waals surface area contributed by atoms with Gasteiger partial charge in [-0.3, -0.25) is 4.79 Å².